The van der Waals surface area contributed by atoms with Gasteiger partial charge in [0.05, 0.1) is 0 Å². The number of hydrogen-bond donors (Lipinski definition) is 2. The SMILES string of the molecule is CNCCCC(=O)Nc1c(C)cccc1C(C)C.Cl. The average molecular weight is 285 g/mol. The second-order valence-corrected chi connectivity index (χ2v) is 4.95. The van der Waals surface area contributed by atoms with E-state index in [2.05, 4.69) is 30.5 Å². The molecule has 0 aliphatic heterocycles. The minimum atomic E-state index is 0. The van der Waals surface area contributed by atoms with Crippen LogP contribution in [-0.4, -0.2) is 19.5 Å². The molecule has 0 bridgehead atoms. The molecule has 0 saturated heterocycles. The van der Waals surface area contributed by atoms with Crippen LogP contribution in [0.15, 0.2) is 18.2 Å². The maximum absolute atomic E-state index is 11.9. The van der Waals surface area contributed by atoms with E-state index in [0.717, 1.165) is 24.2 Å². The van der Waals surface area contributed by atoms with Crippen molar-refractivity contribution in [3.8, 4) is 0 Å². The van der Waals surface area contributed by atoms with E-state index in [4.69, 9.17) is 0 Å². The number of aryl methyl sites for hydroxylation is 1. The van der Waals surface area contributed by atoms with E-state index in [1.54, 1.807) is 0 Å². The van der Waals surface area contributed by atoms with Crippen LogP contribution < -0.4 is 10.6 Å². The van der Waals surface area contributed by atoms with Gasteiger partial charge in [0.1, 0.15) is 0 Å². The fourth-order valence-electron chi connectivity index (χ4n) is 1.97. The molecular weight excluding hydrogens is 260 g/mol. The Bertz CT molecular complexity index is 405. The van der Waals surface area contributed by atoms with Gasteiger partial charge in [-0.25, -0.2) is 0 Å². The molecule has 1 rings (SSSR count). The number of amides is 1. The van der Waals surface area contributed by atoms with E-state index in [-0.39, 0.29) is 18.3 Å². The molecule has 1 aromatic carbocycles. The summed E-state index contributed by atoms with van der Waals surface area (Å²) in [5.41, 5.74) is 3.32. The van der Waals surface area contributed by atoms with Gasteiger partial charge in [0.2, 0.25) is 5.91 Å². The molecule has 0 radical (unpaired) electrons. The molecule has 0 atom stereocenters. The Hall–Kier alpha value is -1.06. The lowest BCUT2D eigenvalue weighted by atomic mass is 9.98. The summed E-state index contributed by atoms with van der Waals surface area (Å²) in [6.07, 6.45) is 1.43. The number of para-hydroxylation sites is 1. The molecule has 4 heteroatoms. The van der Waals surface area contributed by atoms with E-state index in [0.29, 0.717) is 12.3 Å². The largest absolute Gasteiger partial charge is 0.326 e. The number of halogens is 1. The molecule has 0 aliphatic rings. The van der Waals surface area contributed by atoms with Crippen molar-refractivity contribution in [3.63, 3.8) is 0 Å². The molecule has 0 spiro atoms. The van der Waals surface area contributed by atoms with E-state index in [1.807, 2.05) is 26.1 Å². The zero-order valence-corrected chi connectivity index (χ0v) is 13.1. The van der Waals surface area contributed by atoms with Crippen LogP contribution in [0.3, 0.4) is 0 Å². The number of benzene rings is 1. The van der Waals surface area contributed by atoms with Gasteiger partial charge >= 0.3 is 0 Å². The van der Waals surface area contributed by atoms with Gasteiger partial charge in [0.15, 0.2) is 0 Å². The number of anilines is 1. The first-order chi connectivity index (χ1) is 8.56. The highest BCUT2D eigenvalue weighted by Gasteiger charge is 2.11. The fourth-order valence-corrected chi connectivity index (χ4v) is 1.97. The predicted octanol–water partition coefficient (Wildman–Crippen LogP) is 3.48. The highest BCUT2D eigenvalue weighted by atomic mass is 35.5. The van der Waals surface area contributed by atoms with Gasteiger partial charge < -0.3 is 10.6 Å². The second-order valence-electron chi connectivity index (χ2n) is 4.95. The molecular formula is C15H25ClN2O. The number of carbonyl (C=O) groups excluding carboxylic acids is 1. The van der Waals surface area contributed by atoms with Crippen LogP contribution in [0, 0.1) is 6.92 Å². The number of carbonyl (C=O) groups is 1. The number of nitrogens with one attached hydrogen (secondary N) is 2. The van der Waals surface area contributed by atoms with Crippen molar-refractivity contribution in [2.75, 3.05) is 18.9 Å². The Balaban J connectivity index is 0.00000324. The molecule has 0 aromatic heterocycles. The molecule has 108 valence electrons. The predicted molar refractivity (Wildman–Crippen MR) is 84.3 cm³/mol. The van der Waals surface area contributed by atoms with Crippen molar-refractivity contribution >= 4 is 24.0 Å². The molecule has 19 heavy (non-hydrogen) atoms. The second kappa shape index (κ2) is 8.94. The zero-order valence-electron chi connectivity index (χ0n) is 12.2. The Kier molecular flexibility index (Phi) is 8.44. The molecule has 0 unspecified atom stereocenters. The van der Waals surface area contributed by atoms with Gasteiger partial charge in [-0.2, -0.15) is 0 Å². The Morgan fingerprint density at radius 2 is 2.00 bits per heavy atom. The topological polar surface area (TPSA) is 41.1 Å². The van der Waals surface area contributed by atoms with E-state index in [9.17, 15) is 4.79 Å². The van der Waals surface area contributed by atoms with Gasteiger partial charge in [0.25, 0.3) is 0 Å². The maximum atomic E-state index is 11.9. The van der Waals surface area contributed by atoms with E-state index >= 15 is 0 Å². The van der Waals surface area contributed by atoms with Crippen LogP contribution in [0.2, 0.25) is 0 Å². The summed E-state index contributed by atoms with van der Waals surface area (Å²) in [7, 11) is 1.90. The quantitative estimate of drug-likeness (QED) is 0.785. The van der Waals surface area contributed by atoms with Gasteiger partial charge in [0, 0.05) is 12.1 Å². The minimum Gasteiger partial charge on any atom is -0.326 e. The van der Waals surface area contributed by atoms with Crippen molar-refractivity contribution in [1.82, 2.24) is 5.32 Å². The minimum absolute atomic E-state index is 0. The fraction of sp³-hybridized carbons (Fsp3) is 0.533. The molecule has 1 amide bonds. The summed E-state index contributed by atoms with van der Waals surface area (Å²) in [4.78, 5) is 11.9. The third-order valence-corrected chi connectivity index (χ3v) is 3.02. The Morgan fingerprint density at radius 1 is 1.32 bits per heavy atom. The lowest BCUT2D eigenvalue weighted by Gasteiger charge is -2.16. The molecule has 1 aromatic rings. The summed E-state index contributed by atoms with van der Waals surface area (Å²) >= 11 is 0. The van der Waals surface area contributed by atoms with Crippen LogP contribution in [0.25, 0.3) is 0 Å². The summed E-state index contributed by atoms with van der Waals surface area (Å²) in [6, 6.07) is 6.16. The summed E-state index contributed by atoms with van der Waals surface area (Å²) < 4.78 is 0. The molecule has 2 N–H and O–H groups in total. The highest BCUT2D eigenvalue weighted by molar-refractivity contribution is 5.92. The molecule has 0 heterocycles. The molecule has 3 nitrogen and oxygen atoms in total. The maximum Gasteiger partial charge on any atom is 0.224 e. The van der Waals surface area contributed by atoms with Gasteiger partial charge in [-0.3, -0.25) is 4.79 Å². The van der Waals surface area contributed by atoms with Crippen LogP contribution in [0.1, 0.15) is 43.7 Å². The number of rotatable bonds is 6. The van der Waals surface area contributed by atoms with Crippen molar-refractivity contribution < 1.29 is 4.79 Å². The molecule has 0 aliphatic carbocycles. The highest BCUT2D eigenvalue weighted by Crippen LogP contribution is 2.27. The first-order valence-corrected chi connectivity index (χ1v) is 6.60. The van der Waals surface area contributed by atoms with Gasteiger partial charge in [-0.15, -0.1) is 12.4 Å². The van der Waals surface area contributed by atoms with Gasteiger partial charge in [-0.05, 0) is 44.0 Å². The van der Waals surface area contributed by atoms with Crippen LogP contribution in [0.5, 0.6) is 0 Å². The molecule has 0 saturated carbocycles. The van der Waals surface area contributed by atoms with E-state index in [1.165, 1.54) is 5.56 Å². The Labute approximate surface area is 122 Å². The summed E-state index contributed by atoms with van der Waals surface area (Å²) in [5, 5.41) is 6.10. The monoisotopic (exact) mass is 284 g/mol. The van der Waals surface area contributed by atoms with E-state index < -0.39 is 0 Å². The third kappa shape index (κ3) is 5.62. The standard InChI is InChI=1S/C15H24N2O.ClH/c1-11(2)13-8-5-7-12(3)15(13)17-14(18)9-6-10-16-4;/h5,7-8,11,16H,6,9-10H2,1-4H3,(H,17,18);1H. The third-order valence-electron chi connectivity index (χ3n) is 3.02. The lowest BCUT2D eigenvalue weighted by molar-refractivity contribution is -0.116. The van der Waals surface area contributed by atoms with Crippen LogP contribution >= 0.6 is 12.4 Å². The zero-order chi connectivity index (χ0) is 13.5. The smallest absolute Gasteiger partial charge is 0.224 e. The normalized spacial score (nSPS) is 10.2. The van der Waals surface area contributed by atoms with Crippen molar-refractivity contribution in [2.24, 2.45) is 0 Å². The van der Waals surface area contributed by atoms with Crippen LogP contribution in [-0.2, 0) is 4.79 Å². The molecule has 0 fully saturated rings. The lowest BCUT2D eigenvalue weighted by Crippen LogP contribution is -2.17. The van der Waals surface area contributed by atoms with Crippen molar-refractivity contribution in [3.05, 3.63) is 29.3 Å². The van der Waals surface area contributed by atoms with Gasteiger partial charge in [-0.1, -0.05) is 32.0 Å². The Morgan fingerprint density at radius 3 is 2.58 bits per heavy atom. The first kappa shape index (κ1) is 17.9. The average Bonchev–Trinajstić information content (AvgIpc) is 2.31. The first-order valence-electron chi connectivity index (χ1n) is 6.60. The summed E-state index contributed by atoms with van der Waals surface area (Å²) in [5.74, 6) is 0.513. The summed E-state index contributed by atoms with van der Waals surface area (Å²) in [6.45, 7) is 7.20. The number of hydrogen-bond acceptors (Lipinski definition) is 2. The van der Waals surface area contributed by atoms with Crippen LogP contribution in [0.4, 0.5) is 5.69 Å². The van der Waals surface area contributed by atoms with Crippen molar-refractivity contribution in [1.29, 1.82) is 0 Å². The van der Waals surface area contributed by atoms with Crippen molar-refractivity contribution in [2.45, 2.75) is 39.5 Å².